The molecule has 1 aromatic heterocycles. The van der Waals surface area contributed by atoms with E-state index in [2.05, 4.69) is 42.6 Å². The average Bonchev–Trinajstić information content (AvgIpc) is 3.08. The standard InChI is InChI=1S/C18H25N5OS.HI/c1-14-13-25-17(21-14)12-20-18(19-2)23-9-7-22(8-10-23)15-5-4-6-16(11-15)24-3;/h4-6,11,13H,7-10,12H2,1-3H3,(H,19,20);1H. The van der Waals surface area contributed by atoms with Crippen molar-refractivity contribution in [1.82, 2.24) is 15.2 Å². The van der Waals surface area contributed by atoms with E-state index < -0.39 is 0 Å². The average molecular weight is 487 g/mol. The Bertz CT molecular complexity index is 728. The molecule has 0 spiro atoms. The third-order valence-electron chi connectivity index (χ3n) is 4.27. The highest BCUT2D eigenvalue weighted by Gasteiger charge is 2.20. The molecule has 3 rings (SSSR count). The van der Waals surface area contributed by atoms with Crippen LogP contribution >= 0.6 is 35.3 Å². The number of halogens is 1. The largest absolute Gasteiger partial charge is 0.497 e. The number of methoxy groups -OCH3 is 1. The molecule has 1 saturated heterocycles. The summed E-state index contributed by atoms with van der Waals surface area (Å²) in [4.78, 5) is 13.6. The van der Waals surface area contributed by atoms with Crippen molar-refractivity contribution in [3.05, 3.63) is 40.3 Å². The summed E-state index contributed by atoms with van der Waals surface area (Å²) in [6.07, 6.45) is 0. The summed E-state index contributed by atoms with van der Waals surface area (Å²) in [5.41, 5.74) is 2.28. The van der Waals surface area contributed by atoms with Gasteiger partial charge in [-0.15, -0.1) is 35.3 Å². The second-order valence-electron chi connectivity index (χ2n) is 5.96. The van der Waals surface area contributed by atoms with Crippen molar-refractivity contribution in [3.8, 4) is 5.75 Å². The van der Waals surface area contributed by atoms with Crippen LogP contribution in [0.15, 0.2) is 34.6 Å². The van der Waals surface area contributed by atoms with Gasteiger partial charge in [0.1, 0.15) is 10.8 Å². The molecular formula is C18H26IN5OS. The molecule has 0 aliphatic carbocycles. The highest BCUT2D eigenvalue weighted by Crippen LogP contribution is 2.22. The van der Waals surface area contributed by atoms with E-state index in [4.69, 9.17) is 4.74 Å². The summed E-state index contributed by atoms with van der Waals surface area (Å²) in [5, 5.41) is 6.59. The van der Waals surface area contributed by atoms with Crippen molar-refractivity contribution in [2.45, 2.75) is 13.5 Å². The Morgan fingerprint density at radius 1 is 1.31 bits per heavy atom. The number of benzene rings is 1. The van der Waals surface area contributed by atoms with Gasteiger partial charge in [-0.05, 0) is 19.1 Å². The maximum Gasteiger partial charge on any atom is 0.194 e. The van der Waals surface area contributed by atoms with E-state index >= 15 is 0 Å². The minimum Gasteiger partial charge on any atom is -0.497 e. The van der Waals surface area contributed by atoms with Gasteiger partial charge in [-0.25, -0.2) is 4.98 Å². The number of anilines is 1. The van der Waals surface area contributed by atoms with Crippen LogP contribution in [-0.2, 0) is 6.54 Å². The van der Waals surface area contributed by atoms with Crippen LogP contribution in [0.2, 0.25) is 0 Å². The number of aryl methyl sites for hydroxylation is 1. The Morgan fingerprint density at radius 3 is 2.69 bits per heavy atom. The molecule has 0 radical (unpaired) electrons. The van der Waals surface area contributed by atoms with Crippen LogP contribution in [0.25, 0.3) is 0 Å². The van der Waals surface area contributed by atoms with Crippen LogP contribution in [0.3, 0.4) is 0 Å². The number of aliphatic imine (C=N–C) groups is 1. The van der Waals surface area contributed by atoms with E-state index in [0.717, 1.165) is 55.1 Å². The van der Waals surface area contributed by atoms with Crippen LogP contribution in [0.1, 0.15) is 10.7 Å². The van der Waals surface area contributed by atoms with Crippen molar-refractivity contribution in [2.75, 3.05) is 45.2 Å². The van der Waals surface area contributed by atoms with Gasteiger partial charge in [0, 0.05) is 56.1 Å². The maximum absolute atomic E-state index is 5.33. The zero-order chi connectivity index (χ0) is 17.6. The van der Waals surface area contributed by atoms with Crippen LogP contribution in [0.4, 0.5) is 5.69 Å². The van der Waals surface area contributed by atoms with E-state index in [9.17, 15) is 0 Å². The molecule has 26 heavy (non-hydrogen) atoms. The lowest BCUT2D eigenvalue weighted by molar-refractivity contribution is 0.372. The van der Waals surface area contributed by atoms with E-state index in [1.54, 1.807) is 18.4 Å². The predicted octanol–water partition coefficient (Wildman–Crippen LogP) is 2.98. The first-order valence-electron chi connectivity index (χ1n) is 8.45. The number of hydrogen-bond acceptors (Lipinski definition) is 5. The number of ether oxygens (including phenoxy) is 1. The second-order valence-corrected chi connectivity index (χ2v) is 6.90. The molecule has 1 aromatic carbocycles. The molecule has 1 fully saturated rings. The molecule has 1 aliphatic heterocycles. The third kappa shape index (κ3) is 5.23. The summed E-state index contributed by atoms with van der Waals surface area (Å²) >= 11 is 1.68. The van der Waals surface area contributed by atoms with Gasteiger partial charge >= 0.3 is 0 Å². The first kappa shape index (κ1) is 20.8. The molecule has 0 atom stereocenters. The monoisotopic (exact) mass is 487 g/mol. The number of piperazine rings is 1. The zero-order valence-corrected chi connectivity index (χ0v) is 18.6. The van der Waals surface area contributed by atoms with Gasteiger partial charge in [-0.3, -0.25) is 4.99 Å². The molecule has 1 N–H and O–H groups in total. The highest BCUT2D eigenvalue weighted by molar-refractivity contribution is 14.0. The van der Waals surface area contributed by atoms with Crippen molar-refractivity contribution in [3.63, 3.8) is 0 Å². The fraction of sp³-hybridized carbons (Fsp3) is 0.444. The zero-order valence-electron chi connectivity index (χ0n) is 15.4. The number of thiazole rings is 1. The summed E-state index contributed by atoms with van der Waals surface area (Å²) in [6.45, 7) is 6.55. The van der Waals surface area contributed by atoms with Crippen LogP contribution in [0, 0.1) is 6.92 Å². The quantitative estimate of drug-likeness (QED) is 0.409. The number of nitrogens with zero attached hydrogens (tertiary/aromatic N) is 4. The van der Waals surface area contributed by atoms with Gasteiger partial charge in [0.05, 0.1) is 13.7 Å². The summed E-state index contributed by atoms with van der Waals surface area (Å²) in [5.74, 6) is 1.84. The highest BCUT2D eigenvalue weighted by atomic mass is 127. The molecule has 6 nitrogen and oxygen atoms in total. The molecular weight excluding hydrogens is 461 g/mol. The number of aromatic nitrogens is 1. The summed E-state index contributed by atoms with van der Waals surface area (Å²) < 4.78 is 5.33. The van der Waals surface area contributed by atoms with Crippen molar-refractivity contribution in [1.29, 1.82) is 0 Å². The second kappa shape index (κ2) is 9.96. The topological polar surface area (TPSA) is 53.0 Å². The van der Waals surface area contributed by atoms with Gasteiger partial charge in [0.15, 0.2) is 5.96 Å². The molecule has 142 valence electrons. The van der Waals surface area contributed by atoms with Crippen LogP contribution < -0.4 is 15.0 Å². The first-order chi connectivity index (χ1) is 12.2. The van der Waals surface area contributed by atoms with Gasteiger partial charge in [-0.2, -0.15) is 0 Å². The minimum atomic E-state index is 0. The van der Waals surface area contributed by atoms with Crippen molar-refractivity contribution in [2.24, 2.45) is 4.99 Å². The summed E-state index contributed by atoms with van der Waals surface area (Å²) in [7, 11) is 3.54. The summed E-state index contributed by atoms with van der Waals surface area (Å²) in [6, 6.07) is 8.24. The van der Waals surface area contributed by atoms with Crippen molar-refractivity contribution >= 4 is 47.0 Å². The molecule has 0 unspecified atom stereocenters. The first-order valence-corrected chi connectivity index (χ1v) is 9.33. The van der Waals surface area contributed by atoms with Gasteiger partial charge < -0.3 is 19.9 Å². The van der Waals surface area contributed by atoms with Gasteiger partial charge in [0.25, 0.3) is 0 Å². The number of guanidine groups is 1. The van der Waals surface area contributed by atoms with E-state index in [-0.39, 0.29) is 24.0 Å². The van der Waals surface area contributed by atoms with Crippen LogP contribution in [0.5, 0.6) is 5.75 Å². The molecule has 2 aromatic rings. The Balaban J connectivity index is 0.00000243. The smallest absolute Gasteiger partial charge is 0.194 e. The van der Waals surface area contributed by atoms with Crippen molar-refractivity contribution < 1.29 is 4.74 Å². The molecule has 0 saturated carbocycles. The SMILES string of the molecule is CN=C(NCc1nc(C)cs1)N1CCN(c2cccc(OC)c2)CC1.I. The number of rotatable bonds is 4. The van der Waals surface area contributed by atoms with Crippen LogP contribution in [-0.4, -0.2) is 56.2 Å². The van der Waals surface area contributed by atoms with E-state index in [1.165, 1.54) is 5.69 Å². The lowest BCUT2D eigenvalue weighted by atomic mass is 10.2. The minimum absolute atomic E-state index is 0. The molecule has 0 amide bonds. The lowest BCUT2D eigenvalue weighted by Gasteiger charge is -2.37. The number of hydrogen-bond donors (Lipinski definition) is 1. The normalized spacial score (nSPS) is 14.8. The Hall–Kier alpha value is -1.55. The molecule has 2 heterocycles. The molecule has 8 heteroatoms. The maximum atomic E-state index is 5.33. The van der Waals surface area contributed by atoms with E-state index in [1.807, 2.05) is 26.1 Å². The van der Waals surface area contributed by atoms with Gasteiger partial charge in [-0.1, -0.05) is 6.07 Å². The molecule has 0 bridgehead atoms. The Labute approximate surface area is 176 Å². The Morgan fingerprint density at radius 2 is 2.08 bits per heavy atom. The molecule has 1 aliphatic rings. The predicted molar refractivity (Wildman–Crippen MR) is 119 cm³/mol. The number of nitrogens with one attached hydrogen (secondary N) is 1. The lowest BCUT2D eigenvalue weighted by Crippen LogP contribution is -2.52. The van der Waals surface area contributed by atoms with E-state index in [0.29, 0.717) is 0 Å². The van der Waals surface area contributed by atoms with Gasteiger partial charge in [0.2, 0.25) is 0 Å². The fourth-order valence-corrected chi connectivity index (χ4v) is 3.67. The fourth-order valence-electron chi connectivity index (χ4n) is 2.95. The Kier molecular flexibility index (Phi) is 7.95. The third-order valence-corrected chi connectivity index (χ3v) is 5.24.